The topological polar surface area (TPSA) is 84.5 Å². The SMILES string of the molecule is Nc1ccccc[nH]nc1NCCCn1ccnc1. The van der Waals surface area contributed by atoms with E-state index in [0.29, 0.717) is 11.5 Å². The quantitative estimate of drug-likeness (QED) is 0.714. The molecule has 0 bridgehead atoms. The minimum absolute atomic E-state index is 0.607. The van der Waals surface area contributed by atoms with Gasteiger partial charge in [-0.05, 0) is 18.6 Å². The van der Waals surface area contributed by atoms with Gasteiger partial charge in [0.25, 0.3) is 0 Å². The molecule has 0 atom stereocenters. The molecule has 0 saturated heterocycles. The fourth-order valence-electron chi connectivity index (χ4n) is 1.60. The molecule has 6 nitrogen and oxygen atoms in total. The number of nitrogens with zero attached hydrogens (tertiary/aromatic N) is 3. The molecule has 0 aromatic carbocycles. The largest absolute Gasteiger partial charge is 0.396 e. The number of hydrogen-bond donors (Lipinski definition) is 3. The van der Waals surface area contributed by atoms with E-state index in [9.17, 15) is 0 Å². The average molecular weight is 258 g/mol. The number of aromatic amines is 1. The van der Waals surface area contributed by atoms with Crippen LogP contribution >= 0.6 is 0 Å². The maximum absolute atomic E-state index is 5.93. The molecule has 2 aromatic rings. The first kappa shape index (κ1) is 12.9. The van der Waals surface area contributed by atoms with Crippen LogP contribution in [0.4, 0.5) is 11.5 Å². The van der Waals surface area contributed by atoms with E-state index in [1.807, 2.05) is 41.4 Å². The third kappa shape index (κ3) is 4.34. The Morgan fingerprint density at radius 1 is 1.32 bits per heavy atom. The molecule has 0 unspecified atom stereocenters. The van der Waals surface area contributed by atoms with Gasteiger partial charge in [0.2, 0.25) is 0 Å². The van der Waals surface area contributed by atoms with Gasteiger partial charge in [-0.2, -0.15) is 5.10 Å². The van der Waals surface area contributed by atoms with E-state index in [4.69, 9.17) is 5.73 Å². The maximum atomic E-state index is 5.93. The van der Waals surface area contributed by atoms with E-state index < -0.39 is 0 Å². The highest BCUT2D eigenvalue weighted by Crippen LogP contribution is 2.10. The van der Waals surface area contributed by atoms with Crippen molar-refractivity contribution < 1.29 is 0 Å². The maximum Gasteiger partial charge on any atom is 0.169 e. The summed E-state index contributed by atoms with van der Waals surface area (Å²) in [6.45, 7) is 1.71. The smallest absolute Gasteiger partial charge is 0.169 e. The van der Waals surface area contributed by atoms with E-state index in [-0.39, 0.29) is 0 Å². The summed E-state index contributed by atoms with van der Waals surface area (Å²) in [4.78, 5) is 4.00. The number of anilines is 2. The number of aryl methyl sites for hydroxylation is 1. The summed E-state index contributed by atoms with van der Waals surface area (Å²) in [5.74, 6) is 0.654. The number of aromatic nitrogens is 4. The molecule has 19 heavy (non-hydrogen) atoms. The van der Waals surface area contributed by atoms with Crippen LogP contribution in [-0.4, -0.2) is 26.3 Å². The second-order valence-corrected chi connectivity index (χ2v) is 4.04. The summed E-state index contributed by atoms with van der Waals surface area (Å²) >= 11 is 0. The zero-order valence-electron chi connectivity index (χ0n) is 10.7. The lowest BCUT2D eigenvalue weighted by molar-refractivity contribution is 0.660. The Morgan fingerprint density at radius 2 is 2.26 bits per heavy atom. The summed E-state index contributed by atoms with van der Waals surface area (Å²) in [6.07, 6.45) is 8.25. The van der Waals surface area contributed by atoms with Gasteiger partial charge in [0.1, 0.15) is 0 Å². The van der Waals surface area contributed by atoms with Crippen LogP contribution in [0.15, 0.2) is 49.2 Å². The molecule has 0 saturated carbocycles. The van der Waals surface area contributed by atoms with Gasteiger partial charge in [-0.15, -0.1) is 0 Å². The molecule has 0 aliphatic carbocycles. The molecule has 0 aliphatic rings. The Morgan fingerprint density at radius 3 is 3.11 bits per heavy atom. The second-order valence-electron chi connectivity index (χ2n) is 4.04. The first-order valence-electron chi connectivity index (χ1n) is 6.18. The molecule has 0 amide bonds. The van der Waals surface area contributed by atoms with Gasteiger partial charge in [-0.3, -0.25) is 5.10 Å². The van der Waals surface area contributed by atoms with Crippen LogP contribution in [0.1, 0.15) is 6.42 Å². The molecule has 4 N–H and O–H groups in total. The molecule has 100 valence electrons. The van der Waals surface area contributed by atoms with Crippen molar-refractivity contribution in [2.24, 2.45) is 0 Å². The van der Waals surface area contributed by atoms with Crippen LogP contribution in [0, 0.1) is 0 Å². The molecule has 0 radical (unpaired) electrons. The van der Waals surface area contributed by atoms with E-state index in [0.717, 1.165) is 19.5 Å². The molecule has 2 rings (SSSR count). The van der Waals surface area contributed by atoms with Crippen LogP contribution in [0.3, 0.4) is 0 Å². The van der Waals surface area contributed by atoms with Crippen LogP contribution in [-0.2, 0) is 6.54 Å². The van der Waals surface area contributed by atoms with Crippen molar-refractivity contribution in [3.05, 3.63) is 49.2 Å². The number of hydrogen-bond acceptors (Lipinski definition) is 4. The van der Waals surface area contributed by atoms with E-state index in [2.05, 4.69) is 20.5 Å². The third-order valence-corrected chi connectivity index (χ3v) is 2.56. The lowest BCUT2D eigenvalue weighted by atomic mass is 10.4. The van der Waals surface area contributed by atoms with Crippen LogP contribution in [0.5, 0.6) is 0 Å². The van der Waals surface area contributed by atoms with Crippen molar-refractivity contribution in [2.75, 3.05) is 17.6 Å². The Labute approximate surface area is 112 Å². The van der Waals surface area contributed by atoms with Gasteiger partial charge >= 0.3 is 0 Å². The second kappa shape index (κ2) is 7.05. The Kier molecular flexibility index (Phi) is 4.80. The number of nitrogens with two attached hydrogens (primary N) is 1. The number of nitrogens with one attached hydrogen (secondary N) is 2. The summed E-state index contributed by atoms with van der Waals surface area (Å²) < 4.78 is 2.04. The summed E-state index contributed by atoms with van der Waals surface area (Å²) in [5, 5.41) is 10.2. The van der Waals surface area contributed by atoms with Crippen molar-refractivity contribution in [1.29, 1.82) is 0 Å². The fourth-order valence-corrected chi connectivity index (χ4v) is 1.60. The highest BCUT2D eigenvalue weighted by Gasteiger charge is 1.96. The minimum atomic E-state index is 0.607. The monoisotopic (exact) mass is 258 g/mol. The van der Waals surface area contributed by atoms with Crippen LogP contribution in [0.25, 0.3) is 0 Å². The molecular weight excluding hydrogens is 240 g/mol. The molecular formula is C13H18N6. The Bertz CT molecular complexity index is 530. The van der Waals surface area contributed by atoms with Crippen molar-refractivity contribution in [3.8, 4) is 0 Å². The molecule has 0 aliphatic heterocycles. The zero-order valence-corrected chi connectivity index (χ0v) is 10.7. The summed E-state index contributed by atoms with van der Waals surface area (Å²) in [5.41, 5.74) is 6.53. The van der Waals surface area contributed by atoms with Gasteiger partial charge in [0.05, 0.1) is 12.0 Å². The van der Waals surface area contributed by atoms with Gasteiger partial charge in [-0.25, -0.2) is 4.98 Å². The normalized spacial score (nSPS) is 9.89. The van der Waals surface area contributed by atoms with Crippen molar-refractivity contribution in [1.82, 2.24) is 19.7 Å². The van der Waals surface area contributed by atoms with Crippen molar-refractivity contribution in [2.45, 2.75) is 13.0 Å². The zero-order chi connectivity index (χ0) is 13.3. The van der Waals surface area contributed by atoms with Crippen molar-refractivity contribution in [3.63, 3.8) is 0 Å². The number of nitrogen functional groups attached to an aromatic ring is 1. The number of H-pyrrole nitrogens is 1. The van der Waals surface area contributed by atoms with E-state index in [1.54, 1.807) is 12.4 Å². The fraction of sp³-hybridized carbons (Fsp3) is 0.231. The highest BCUT2D eigenvalue weighted by atomic mass is 15.2. The minimum Gasteiger partial charge on any atom is -0.396 e. The molecule has 6 heteroatoms. The first-order valence-corrected chi connectivity index (χ1v) is 6.18. The number of imidazole rings is 1. The lowest BCUT2D eigenvalue weighted by Gasteiger charge is -2.06. The third-order valence-electron chi connectivity index (χ3n) is 2.56. The molecule has 2 aromatic heterocycles. The van der Waals surface area contributed by atoms with Gasteiger partial charge in [-0.1, -0.05) is 12.1 Å². The standard InChI is InChI=1S/C13H18N6/c14-12-5-2-1-3-7-17-18-13(12)16-6-4-9-19-10-8-15-11-19/h1-3,5,7-8,10-11,17H,4,6,9,14H2,(H,16,18). The Hall–Kier alpha value is -2.50. The average Bonchev–Trinajstić information content (AvgIpc) is 2.94. The lowest BCUT2D eigenvalue weighted by Crippen LogP contribution is -2.08. The van der Waals surface area contributed by atoms with Gasteiger partial charge in [0, 0.05) is 31.7 Å². The van der Waals surface area contributed by atoms with Gasteiger partial charge < -0.3 is 15.6 Å². The van der Waals surface area contributed by atoms with E-state index in [1.165, 1.54) is 0 Å². The van der Waals surface area contributed by atoms with Crippen LogP contribution in [0.2, 0.25) is 0 Å². The first-order chi connectivity index (χ1) is 9.36. The predicted molar refractivity (Wildman–Crippen MR) is 76.0 cm³/mol. The molecule has 0 spiro atoms. The highest BCUT2D eigenvalue weighted by molar-refractivity contribution is 5.58. The molecule has 2 heterocycles. The number of rotatable bonds is 5. The Balaban J connectivity index is 1.91. The van der Waals surface area contributed by atoms with E-state index >= 15 is 0 Å². The van der Waals surface area contributed by atoms with Crippen LogP contribution < -0.4 is 11.1 Å². The van der Waals surface area contributed by atoms with Gasteiger partial charge in [0.15, 0.2) is 5.82 Å². The molecule has 0 fully saturated rings. The van der Waals surface area contributed by atoms with Crippen molar-refractivity contribution >= 4 is 11.5 Å². The summed E-state index contributed by atoms with van der Waals surface area (Å²) in [7, 11) is 0. The predicted octanol–water partition coefficient (Wildman–Crippen LogP) is 1.81. The summed E-state index contributed by atoms with van der Waals surface area (Å²) in [6, 6.07) is 7.44.